The topological polar surface area (TPSA) is 116 Å². The van der Waals surface area contributed by atoms with Gasteiger partial charge in [-0.3, -0.25) is 9.36 Å². The van der Waals surface area contributed by atoms with E-state index in [0.29, 0.717) is 16.9 Å². The van der Waals surface area contributed by atoms with Crippen molar-refractivity contribution in [2.75, 3.05) is 23.7 Å². The van der Waals surface area contributed by atoms with Crippen LogP contribution in [0.5, 0.6) is 0 Å². The second-order valence-corrected chi connectivity index (χ2v) is 8.05. The number of fused-ring (bicyclic) bond motifs is 1. The van der Waals surface area contributed by atoms with Gasteiger partial charge >= 0.3 is 0 Å². The Kier molecular flexibility index (Phi) is 4.43. The molecule has 0 amide bonds. The molecule has 1 atom stereocenters. The lowest BCUT2D eigenvalue weighted by atomic mass is 10.1. The third-order valence-electron chi connectivity index (χ3n) is 6.07. The first-order valence-electron chi connectivity index (χ1n) is 10.3. The fourth-order valence-electron chi connectivity index (χ4n) is 4.60. The van der Waals surface area contributed by atoms with Crippen molar-refractivity contribution >= 4 is 22.8 Å². The molecule has 8 heteroatoms. The molecular formula is C21H25N7O. The van der Waals surface area contributed by atoms with Gasteiger partial charge in [-0.05, 0) is 31.4 Å². The lowest BCUT2D eigenvalue weighted by Gasteiger charge is -2.19. The largest absolute Gasteiger partial charge is 0.370 e. The van der Waals surface area contributed by atoms with Gasteiger partial charge in [0.15, 0.2) is 5.65 Å². The van der Waals surface area contributed by atoms with Crippen molar-refractivity contribution in [3.63, 3.8) is 0 Å². The molecule has 1 aliphatic carbocycles. The van der Waals surface area contributed by atoms with Crippen molar-refractivity contribution in [3.8, 4) is 11.3 Å². The highest BCUT2D eigenvalue weighted by molar-refractivity contribution is 5.88. The highest BCUT2D eigenvalue weighted by Gasteiger charge is 2.23. The summed E-state index contributed by atoms with van der Waals surface area (Å²) in [6, 6.07) is 8.57. The summed E-state index contributed by atoms with van der Waals surface area (Å²) in [4.78, 5) is 28.1. The first-order chi connectivity index (χ1) is 14.1. The molecule has 0 bridgehead atoms. The molecule has 1 saturated heterocycles. The highest BCUT2D eigenvalue weighted by atomic mass is 16.1. The third-order valence-corrected chi connectivity index (χ3v) is 6.07. The van der Waals surface area contributed by atoms with Crippen molar-refractivity contribution < 1.29 is 0 Å². The normalized spacial score (nSPS) is 20.0. The molecule has 150 valence electrons. The van der Waals surface area contributed by atoms with Crippen LogP contribution in [0.15, 0.2) is 35.3 Å². The maximum absolute atomic E-state index is 12.6. The van der Waals surface area contributed by atoms with E-state index in [1.165, 1.54) is 6.20 Å². The average Bonchev–Trinajstić information content (AvgIpc) is 3.39. The van der Waals surface area contributed by atoms with E-state index in [1.54, 1.807) is 4.57 Å². The van der Waals surface area contributed by atoms with Crippen LogP contribution in [0.3, 0.4) is 0 Å². The van der Waals surface area contributed by atoms with Gasteiger partial charge in [-0.15, -0.1) is 0 Å². The molecule has 3 aromatic rings. The maximum Gasteiger partial charge on any atom is 0.270 e. The number of aromatic nitrogens is 4. The van der Waals surface area contributed by atoms with Gasteiger partial charge in [0.1, 0.15) is 11.2 Å². The number of anilines is 2. The minimum atomic E-state index is -0.130. The van der Waals surface area contributed by atoms with Crippen molar-refractivity contribution in [1.29, 1.82) is 0 Å². The molecule has 2 aliphatic rings. The van der Waals surface area contributed by atoms with Gasteiger partial charge in [0.25, 0.3) is 5.56 Å². The fraction of sp³-hybridized carbons (Fsp3) is 0.429. The van der Waals surface area contributed by atoms with Crippen molar-refractivity contribution in [3.05, 3.63) is 40.8 Å². The zero-order chi connectivity index (χ0) is 20.0. The van der Waals surface area contributed by atoms with Crippen molar-refractivity contribution in [2.45, 2.75) is 44.2 Å². The van der Waals surface area contributed by atoms with Crippen molar-refractivity contribution in [1.82, 2.24) is 19.5 Å². The van der Waals surface area contributed by atoms with Gasteiger partial charge in [-0.25, -0.2) is 9.97 Å². The van der Waals surface area contributed by atoms with E-state index < -0.39 is 0 Å². The molecule has 1 aromatic carbocycles. The molecule has 0 spiro atoms. The molecule has 0 radical (unpaired) electrons. The van der Waals surface area contributed by atoms with E-state index in [4.69, 9.17) is 11.5 Å². The Morgan fingerprint density at radius 2 is 1.79 bits per heavy atom. The summed E-state index contributed by atoms with van der Waals surface area (Å²) in [6.45, 7) is 1.84. The SMILES string of the molecule is Nc1nc(-c2ccc(N3CCC(N)C3)cc2)c2ncc(=O)n(C3CCCC3)c2n1. The third kappa shape index (κ3) is 3.23. The molecule has 1 saturated carbocycles. The van der Waals surface area contributed by atoms with Gasteiger partial charge in [-0.2, -0.15) is 4.98 Å². The Labute approximate surface area is 168 Å². The number of nitrogen functional groups attached to an aromatic ring is 1. The Balaban J connectivity index is 1.60. The number of rotatable bonds is 3. The van der Waals surface area contributed by atoms with E-state index in [1.807, 2.05) is 12.1 Å². The highest BCUT2D eigenvalue weighted by Crippen LogP contribution is 2.32. The number of benzene rings is 1. The molecule has 5 rings (SSSR count). The molecule has 2 fully saturated rings. The minimum Gasteiger partial charge on any atom is -0.370 e. The van der Waals surface area contributed by atoms with Crippen LogP contribution in [0.1, 0.15) is 38.1 Å². The molecule has 1 aliphatic heterocycles. The summed E-state index contributed by atoms with van der Waals surface area (Å²) in [5, 5.41) is 0. The summed E-state index contributed by atoms with van der Waals surface area (Å²) < 4.78 is 1.76. The molecule has 29 heavy (non-hydrogen) atoms. The first kappa shape index (κ1) is 18.1. The number of nitrogens with two attached hydrogens (primary N) is 2. The van der Waals surface area contributed by atoms with Crippen molar-refractivity contribution in [2.24, 2.45) is 5.73 Å². The second-order valence-electron chi connectivity index (χ2n) is 8.05. The molecule has 8 nitrogen and oxygen atoms in total. The Morgan fingerprint density at radius 3 is 2.48 bits per heavy atom. The summed E-state index contributed by atoms with van der Waals surface area (Å²) >= 11 is 0. The molecule has 1 unspecified atom stereocenters. The molecule has 2 aromatic heterocycles. The van der Waals surface area contributed by atoms with Gasteiger partial charge < -0.3 is 16.4 Å². The van der Waals surface area contributed by atoms with Crippen LogP contribution < -0.4 is 21.9 Å². The van der Waals surface area contributed by atoms with Crippen LogP contribution in [-0.2, 0) is 0 Å². The van der Waals surface area contributed by atoms with Crippen LogP contribution in [0.4, 0.5) is 11.6 Å². The van der Waals surface area contributed by atoms with Crippen LogP contribution in [-0.4, -0.2) is 38.7 Å². The zero-order valence-corrected chi connectivity index (χ0v) is 16.3. The molecule has 4 N–H and O–H groups in total. The van der Waals surface area contributed by atoms with Crippen LogP contribution in [0, 0.1) is 0 Å². The van der Waals surface area contributed by atoms with Crippen LogP contribution >= 0.6 is 0 Å². The zero-order valence-electron chi connectivity index (χ0n) is 16.3. The van der Waals surface area contributed by atoms with Gasteiger partial charge in [0, 0.05) is 36.4 Å². The fourth-order valence-corrected chi connectivity index (χ4v) is 4.60. The van der Waals surface area contributed by atoms with Gasteiger partial charge in [0.2, 0.25) is 5.95 Å². The summed E-state index contributed by atoms with van der Waals surface area (Å²) in [5.74, 6) is 0.154. The second kappa shape index (κ2) is 7.11. The minimum absolute atomic E-state index is 0.130. The van der Waals surface area contributed by atoms with E-state index in [2.05, 4.69) is 32.0 Å². The summed E-state index contributed by atoms with van der Waals surface area (Å²) in [7, 11) is 0. The van der Waals surface area contributed by atoms with Gasteiger partial charge in [0.05, 0.1) is 6.20 Å². The van der Waals surface area contributed by atoms with Gasteiger partial charge in [-0.1, -0.05) is 25.0 Å². The maximum atomic E-state index is 12.6. The average molecular weight is 391 g/mol. The van der Waals surface area contributed by atoms with E-state index >= 15 is 0 Å². The lowest BCUT2D eigenvalue weighted by Crippen LogP contribution is -2.26. The smallest absolute Gasteiger partial charge is 0.270 e. The lowest BCUT2D eigenvalue weighted by molar-refractivity contribution is 0.514. The summed E-state index contributed by atoms with van der Waals surface area (Å²) in [6.07, 6.45) is 6.59. The number of hydrogen-bond acceptors (Lipinski definition) is 7. The van der Waals surface area contributed by atoms with Crippen LogP contribution in [0.2, 0.25) is 0 Å². The number of nitrogens with zero attached hydrogens (tertiary/aromatic N) is 5. The first-order valence-corrected chi connectivity index (χ1v) is 10.3. The number of hydrogen-bond donors (Lipinski definition) is 2. The predicted octanol–water partition coefficient (Wildman–Crippen LogP) is 2.09. The Hall–Kier alpha value is -3.00. The molecular weight excluding hydrogens is 366 g/mol. The van der Waals surface area contributed by atoms with E-state index in [9.17, 15) is 4.79 Å². The molecule has 3 heterocycles. The standard InChI is InChI=1S/C21H25N7O/c22-14-9-10-27(12-14)15-7-5-13(6-8-15)18-19-20(26-21(23)25-18)28(17(29)11-24-19)16-3-1-2-4-16/h5-8,11,14,16H,1-4,9-10,12,22H2,(H2,23,25,26). The van der Waals surface area contributed by atoms with Crippen LogP contribution in [0.25, 0.3) is 22.4 Å². The Morgan fingerprint density at radius 1 is 1.03 bits per heavy atom. The summed E-state index contributed by atoms with van der Waals surface area (Å²) in [5.41, 5.74) is 15.8. The monoisotopic (exact) mass is 391 g/mol. The van der Waals surface area contributed by atoms with E-state index in [0.717, 1.165) is 56.4 Å². The van der Waals surface area contributed by atoms with E-state index in [-0.39, 0.29) is 23.6 Å². The quantitative estimate of drug-likeness (QED) is 0.702. The predicted molar refractivity (Wildman–Crippen MR) is 114 cm³/mol. The Bertz CT molecular complexity index is 1100.